The molecule has 0 unspecified atom stereocenters. The van der Waals surface area contributed by atoms with E-state index in [2.05, 4.69) is 9.98 Å². The summed E-state index contributed by atoms with van der Waals surface area (Å²) in [5.41, 5.74) is -7.01. The molecule has 14 heteroatoms. The summed E-state index contributed by atoms with van der Waals surface area (Å²) in [6, 6.07) is 0.529. The molecule has 33 heavy (non-hydrogen) atoms. The van der Waals surface area contributed by atoms with Crippen LogP contribution in [0.5, 0.6) is 5.88 Å². The van der Waals surface area contributed by atoms with E-state index < -0.39 is 57.6 Å². The van der Waals surface area contributed by atoms with E-state index in [1.54, 1.807) is 13.0 Å². The van der Waals surface area contributed by atoms with Crippen molar-refractivity contribution in [3.63, 3.8) is 0 Å². The molecule has 0 atom stereocenters. The van der Waals surface area contributed by atoms with E-state index in [1.165, 1.54) is 13.0 Å². The Balaban J connectivity index is 2.91. The standard InChI is InChI=1S/C19H15ClF9N3O/c1-3-5-6-33-14-9-13(19(27,28)29)31-16(32(14)4-2)30-12-8-10(17(21,22)23)7-11(15(12)20)18(24,25)26/h3,5,7-9H,4,6H2,1-2H3. The highest BCUT2D eigenvalue weighted by molar-refractivity contribution is 6.33. The summed E-state index contributed by atoms with van der Waals surface area (Å²) in [5.74, 6) is -0.407. The van der Waals surface area contributed by atoms with Crippen molar-refractivity contribution in [2.45, 2.75) is 38.9 Å². The van der Waals surface area contributed by atoms with Crippen LogP contribution in [-0.4, -0.2) is 16.2 Å². The van der Waals surface area contributed by atoms with Crippen molar-refractivity contribution in [1.82, 2.24) is 9.55 Å². The van der Waals surface area contributed by atoms with Gasteiger partial charge in [0.1, 0.15) is 6.61 Å². The van der Waals surface area contributed by atoms with E-state index in [9.17, 15) is 39.5 Å². The molecule has 0 fully saturated rings. The number of benzene rings is 1. The molecule has 1 aromatic heterocycles. The molecule has 1 aromatic carbocycles. The fourth-order valence-corrected chi connectivity index (χ4v) is 2.80. The van der Waals surface area contributed by atoms with Crippen molar-refractivity contribution >= 4 is 17.3 Å². The van der Waals surface area contributed by atoms with Gasteiger partial charge in [0.05, 0.1) is 21.8 Å². The van der Waals surface area contributed by atoms with Gasteiger partial charge in [-0.1, -0.05) is 23.8 Å². The Morgan fingerprint density at radius 1 is 1.00 bits per heavy atom. The fourth-order valence-electron chi connectivity index (χ4n) is 2.54. The first-order chi connectivity index (χ1) is 15.1. The van der Waals surface area contributed by atoms with Gasteiger partial charge in [-0.05, 0) is 26.0 Å². The van der Waals surface area contributed by atoms with Crippen LogP contribution in [0.3, 0.4) is 0 Å². The fraction of sp³-hybridized carbons (Fsp3) is 0.368. The molecule has 0 saturated heterocycles. The quantitative estimate of drug-likeness (QED) is 0.330. The first-order valence-corrected chi connectivity index (χ1v) is 9.43. The second-order valence-corrected chi connectivity index (χ2v) is 6.74. The molecule has 1 heterocycles. The molecule has 0 aliphatic heterocycles. The number of halogens is 10. The first-order valence-electron chi connectivity index (χ1n) is 9.05. The van der Waals surface area contributed by atoms with Crippen molar-refractivity contribution in [3.8, 4) is 5.88 Å². The third-order valence-electron chi connectivity index (χ3n) is 4.06. The van der Waals surface area contributed by atoms with Gasteiger partial charge >= 0.3 is 18.5 Å². The number of allylic oxidation sites excluding steroid dienone is 1. The molecule has 182 valence electrons. The first kappa shape index (κ1) is 26.6. The molecule has 0 bridgehead atoms. The van der Waals surface area contributed by atoms with Crippen LogP contribution in [0.25, 0.3) is 0 Å². The van der Waals surface area contributed by atoms with Gasteiger partial charge in [0.15, 0.2) is 11.6 Å². The van der Waals surface area contributed by atoms with Gasteiger partial charge in [0.25, 0.3) is 0 Å². The van der Waals surface area contributed by atoms with E-state index in [0.717, 1.165) is 4.57 Å². The van der Waals surface area contributed by atoms with Crippen LogP contribution >= 0.6 is 11.6 Å². The van der Waals surface area contributed by atoms with Gasteiger partial charge in [-0.15, -0.1) is 0 Å². The number of alkyl halides is 9. The largest absolute Gasteiger partial charge is 0.474 e. The molecule has 2 aromatic rings. The minimum absolute atomic E-state index is 0.127. The van der Waals surface area contributed by atoms with E-state index in [4.69, 9.17) is 16.3 Å². The summed E-state index contributed by atoms with van der Waals surface area (Å²) in [6.07, 6.45) is -12.5. The monoisotopic (exact) mass is 507 g/mol. The number of aromatic nitrogens is 2. The molecule has 4 nitrogen and oxygen atoms in total. The Kier molecular flexibility index (Phi) is 7.77. The molecular formula is C19H15ClF9N3O. The lowest BCUT2D eigenvalue weighted by molar-refractivity contribution is -0.143. The molecule has 0 amide bonds. The molecule has 0 aliphatic carbocycles. The van der Waals surface area contributed by atoms with Crippen LogP contribution < -0.4 is 10.4 Å². The summed E-state index contributed by atoms with van der Waals surface area (Å²) in [4.78, 5) is 6.82. The van der Waals surface area contributed by atoms with Crippen LogP contribution in [0.1, 0.15) is 30.7 Å². The second kappa shape index (κ2) is 9.65. The van der Waals surface area contributed by atoms with Crippen molar-refractivity contribution in [3.05, 3.63) is 57.8 Å². The summed E-state index contributed by atoms with van der Waals surface area (Å²) >= 11 is 5.65. The zero-order valence-electron chi connectivity index (χ0n) is 16.8. The molecule has 0 radical (unpaired) electrons. The number of hydrogen-bond donors (Lipinski definition) is 0. The highest BCUT2D eigenvalue weighted by atomic mass is 35.5. The molecule has 0 spiro atoms. The van der Waals surface area contributed by atoms with Gasteiger partial charge < -0.3 is 4.74 Å². The topological polar surface area (TPSA) is 39.4 Å². The molecule has 0 saturated carbocycles. The maximum Gasteiger partial charge on any atom is 0.433 e. The number of hydrogen-bond acceptors (Lipinski definition) is 3. The third kappa shape index (κ3) is 6.42. The van der Waals surface area contributed by atoms with E-state index in [-0.39, 0.29) is 25.3 Å². The molecule has 2 rings (SSSR count). The Bertz CT molecular complexity index is 1100. The average Bonchev–Trinajstić information content (AvgIpc) is 2.67. The minimum atomic E-state index is -5.29. The zero-order valence-corrected chi connectivity index (χ0v) is 17.6. The van der Waals surface area contributed by atoms with E-state index >= 15 is 0 Å². The lowest BCUT2D eigenvalue weighted by Gasteiger charge is -2.17. The molecular weight excluding hydrogens is 493 g/mol. The highest BCUT2D eigenvalue weighted by Gasteiger charge is 2.39. The van der Waals surface area contributed by atoms with E-state index in [1.807, 2.05) is 0 Å². The van der Waals surface area contributed by atoms with E-state index in [0.29, 0.717) is 6.07 Å². The molecule has 0 aliphatic rings. The maximum atomic E-state index is 13.3. The number of ether oxygens (including phenoxy) is 1. The average molecular weight is 508 g/mol. The lowest BCUT2D eigenvalue weighted by atomic mass is 10.1. The second-order valence-electron chi connectivity index (χ2n) is 6.37. The lowest BCUT2D eigenvalue weighted by Crippen LogP contribution is -2.29. The highest BCUT2D eigenvalue weighted by Crippen LogP contribution is 2.43. The summed E-state index contributed by atoms with van der Waals surface area (Å²) in [5, 5.41) is -1.23. The van der Waals surface area contributed by atoms with Crippen molar-refractivity contribution < 1.29 is 44.3 Å². The van der Waals surface area contributed by atoms with Crippen LogP contribution in [0.4, 0.5) is 45.2 Å². The van der Waals surface area contributed by atoms with Gasteiger partial charge in [0.2, 0.25) is 5.62 Å². The van der Waals surface area contributed by atoms with Crippen LogP contribution in [0.15, 0.2) is 35.3 Å². The SMILES string of the molecule is CC=CCOc1cc(C(F)(F)F)nc(=Nc2cc(C(F)(F)F)cc(C(F)(F)F)c2Cl)n1CC. The van der Waals surface area contributed by atoms with Gasteiger partial charge in [-0.2, -0.15) is 39.5 Å². The minimum Gasteiger partial charge on any atom is -0.474 e. The normalized spacial score (nSPS) is 13.8. The number of rotatable bonds is 5. The summed E-state index contributed by atoms with van der Waals surface area (Å²) in [7, 11) is 0. The van der Waals surface area contributed by atoms with Crippen molar-refractivity contribution in [2.24, 2.45) is 4.99 Å². The van der Waals surface area contributed by atoms with Crippen LogP contribution in [0, 0.1) is 0 Å². The predicted octanol–water partition coefficient (Wildman–Crippen LogP) is 6.80. The number of nitrogens with zero attached hydrogens (tertiary/aromatic N) is 3. The smallest absolute Gasteiger partial charge is 0.433 e. The Morgan fingerprint density at radius 3 is 2.12 bits per heavy atom. The maximum absolute atomic E-state index is 13.3. The summed E-state index contributed by atoms with van der Waals surface area (Å²) in [6.45, 7) is 2.77. The summed E-state index contributed by atoms with van der Waals surface area (Å²) < 4.78 is 125. The van der Waals surface area contributed by atoms with Gasteiger partial charge in [0, 0.05) is 12.6 Å². The molecule has 0 N–H and O–H groups in total. The third-order valence-corrected chi connectivity index (χ3v) is 4.46. The van der Waals surface area contributed by atoms with Crippen molar-refractivity contribution in [2.75, 3.05) is 6.61 Å². The zero-order chi connectivity index (χ0) is 25.2. The predicted molar refractivity (Wildman–Crippen MR) is 99.9 cm³/mol. The van der Waals surface area contributed by atoms with Crippen LogP contribution in [-0.2, 0) is 25.1 Å². The van der Waals surface area contributed by atoms with Crippen LogP contribution in [0.2, 0.25) is 5.02 Å². The Labute approximate surface area is 186 Å². The van der Waals surface area contributed by atoms with Crippen molar-refractivity contribution in [1.29, 1.82) is 0 Å². The van der Waals surface area contributed by atoms with Gasteiger partial charge in [-0.3, -0.25) is 4.57 Å². The van der Waals surface area contributed by atoms with Gasteiger partial charge in [-0.25, -0.2) is 9.98 Å². The Hall–Kier alpha value is -2.70. The Morgan fingerprint density at radius 2 is 1.64 bits per heavy atom.